The molecule has 1 atom stereocenters. The van der Waals surface area contributed by atoms with Crippen molar-refractivity contribution in [3.8, 4) is 0 Å². The fraction of sp³-hybridized carbons (Fsp3) is 0.636. The van der Waals surface area contributed by atoms with Crippen LogP contribution in [0.25, 0.3) is 0 Å². The molecule has 0 saturated carbocycles. The lowest BCUT2D eigenvalue weighted by Crippen LogP contribution is -2.49. The number of aryl methyl sites for hydroxylation is 1. The fourth-order valence-electron chi connectivity index (χ4n) is 1.21. The molecule has 3 heteroatoms. The Morgan fingerprint density at radius 1 is 1.36 bits per heavy atom. The van der Waals surface area contributed by atoms with E-state index in [9.17, 15) is 5.11 Å². The minimum atomic E-state index is -0.657. The highest BCUT2D eigenvalue weighted by Gasteiger charge is 2.41. The van der Waals surface area contributed by atoms with Crippen molar-refractivity contribution in [3.63, 3.8) is 0 Å². The molecule has 0 aliphatic carbocycles. The Bertz CT molecular complexity index is 313. The summed E-state index contributed by atoms with van der Waals surface area (Å²) >= 11 is 0. The first-order chi connectivity index (χ1) is 6.31. The Balaban J connectivity index is 3.07. The lowest BCUT2D eigenvalue weighted by atomic mass is 9.73. The van der Waals surface area contributed by atoms with E-state index in [-0.39, 0.29) is 6.61 Å². The van der Waals surface area contributed by atoms with Gasteiger partial charge in [0.1, 0.15) is 11.5 Å². The maximum Gasteiger partial charge on any atom is 0.124 e. The molecule has 0 amide bonds. The van der Waals surface area contributed by atoms with Gasteiger partial charge >= 0.3 is 0 Å². The maximum atomic E-state index is 9.28. The van der Waals surface area contributed by atoms with Crippen LogP contribution in [0.2, 0.25) is 0 Å². The van der Waals surface area contributed by atoms with E-state index < -0.39 is 11.0 Å². The summed E-state index contributed by atoms with van der Waals surface area (Å²) in [6, 6.07) is 3.75. The van der Waals surface area contributed by atoms with Gasteiger partial charge in [-0.2, -0.15) is 0 Å². The van der Waals surface area contributed by atoms with Crippen LogP contribution in [-0.2, 0) is 5.54 Å². The van der Waals surface area contributed by atoms with Crippen LogP contribution in [0.1, 0.15) is 32.3 Å². The molecule has 0 aliphatic heterocycles. The summed E-state index contributed by atoms with van der Waals surface area (Å²) < 4.78 is 5.50. The van der Waals surface area contributed by atoms with Crippen LogP contribution in [0, 0.1) is 12.3 Å². The molecule has 0 aromatic carbocycles. The van der Waals surface area contributed by atoms with E-state index in [1.54, 1.807) is 0 Å². The zero-order valence-electron chi connectivity index (χ0n) is 9.29. The van der Waals surface area contributed by atoms with E-state index >= 15 is 0 Å². The van der Waals surface area contributed by atoms with Gasteiger partial charge in [-0.1, -0.05) is 13.8 Å². The second kappa shape index (κ2) is 3.41. The number of aliphatic hydroxyl groups is 1. The van der Waals surface area contributed by atoms with E-state index in [1.807, 2.05) is 39.8 Å². The van der Waals surface area contributed by atoms with E-state index in [1.165, 1.54) is 0 Å². The second-order valence-electron chi connectivity index (χ2n) is 4.65. The van der Waals surface area contributed by atoms with Crippen molar-refractivity contribution in [2.24, 2.45) is 11.1 Å². The SMILES string of the molecule is Cc1ccc([C@](C)(N)C(C)(C)CO)o1. The highest BCUT2D eigenvalue weighted by Crippen LogP contribution is 2.37. The molecule has 1 heterocycles. The van der Waals surface area contributed by atoms with Crippen molar-refractivity contribution in [2.45, 2.75) is 33.2 Å². The molecule has 0 fully saturated rings. The smallest absolute Gasteiger partial charge is 0.124 e. The molecule has 0 spiro atoms. The van der Waals surface area contributed by atoms with Gasteiger partial charge in [-0.25, -0.2) is 0 Å². The Morgan fingerprint density at radius 3 is 2.29 bits per heavy atom. The standard InChI is InChI=1S/C11H19NO2/c1-8-5-6-9(14-8)11(4,12)10(2,3)7-13/h5-6,13H,7,12H2,1-4H3/t11-/m0/s1. The zero-order valence-corrected chi connectivity index (χ0v) is 9.29. The summed E-state index contributed by atoms with van der Waals surface area (Å²) in [5.74, 6) is 1.56. The molecule has 0 radical (unpaired) electrons. The van der Waals surface area contributed by atoms with Gasteiger partial charge in [0.05, 0.1) is 12.1 Å². The molecule has 1 aromatic rings. The summed E-state index contributed by atoms with van der Waals surface area (Å²) in [4.78, 5) is 0. The maximum absolute atomic E-state index is 9.28. The van der Waals surface area contributed by atoms with Crippen molar-refractivity contribution >= 4 is 0 Å². The Kier molecular flexibility index (Phi) is 2.74. The highest BCUT2D eigenvalue weighted by atomic mass is 16.3. The van der Waals surface area contributed by atoms with Crippen molar-refractivity contribution in [2.75, 3.05) is 6.61 Å². The summed E-state index contributed by atoms with van der Waals surface area (Å²) in [5, 5.41) is 9.28. The Labute approximate surface area is 84.9 Å². The van der Waals surface area contributed by atoms with Crippen LogP contribution in [0.15, 0.2) is 16.5 Å². The predicted molar refractivity (Wildman–Crippen MR) is 55.9 cm³/mol. The minimum Gasteiger partial charge on any atom is -0.464 e. The first-order valence-electron chi connectivity index (χ1n) is 4.78. The van der Waals surface area contributed by atoms with Gasteiger partial charge in [-0.3, -0.25) is 0 Å². The summed E-state index contributed by atoms with van der Waals surface area (Å²) in [7, 11) is 0. The number of hydrogen-bond donors (Lipinski definition) is 2. The van der Waals surface area contributed by atoms with Crippen LogP contribution in [0.4, 0.5) is 0 Å². The lowest BCUT2D eigenvalue weighted by Gasteiger charge is -2.38. The van der Waals surface area contributed by atoms with Gasteiger partial charge in [-0.15, -0.1) is 0 Å². The average Bonchev–Trinajstić information content (AvgIpc) is 2.52. The third-order valence-corrected chi connectivity index (χ3v) is 3.05. The van der Waals surface area contributed by atoms with Crippen molar-refractivity contribution in [1.29, 1.82) is 0 Å². The topological polar surface area (TPSA) is 59.4 Å². The molecule has 0 aliphatic rings. The monoisotopic (exact) mass is 197 g/mol. The van der Waals surface area contributed by atoms with E-state index in [4.69, 9.17) is 10.2 Å². The molecule has 14 heavy (non-hydrogen) atoms. The van der Waals surface area contributed by atoms with Crippen LogP contribution >= 0.6 is 0 Å². The molecule has 0 saturated heterocycles. The second-order valence-corrected chi connectivity index (χ2v) is 4.65. The first-order valence-corrected chi connectivity index (χ1v) is 4.78. The normalized spacial score (nSPS) is 16.7. The van der Waals surface area contributed by atoms with E-state index in [2.05, 4.69) is 0 Å². The summed E-state index contributed by atoms with van der Waals surface area (Å²) in [5.41, 5.74) is 5.12. The van der Waals surface area contributed by atoms with E-state index in [0.717, 1.165) is 5.76 Å². The third kappa shape index (κ3) is 1.70. The fourth-order valence-corrected chi connectivity index (χ4v) is 1.21. The van der Waals surface area contributed by atoms with Gasteiger partial charge in [0, 0.05) is 5.41 Å². The molecule has 3 nitrogen and oxygen atoms in total. The van der Waals surface area contributed by atoms with Crippen molar-refractivity contribution < 1.29 is 9.52 Å². The van der Waals surface area contributed by atoms with Crippen LogP contribution < -0.4 is 5.73 Å². The molecule has 1 rings (SSSR count). The van der Waals surface area contributed by atoms with Crippen molar-refractivity contribution in [1.82, 2.24) is 0 Å². The number of hydrogen-bond acceptors (Lipinski definition) is 3. The average molecular weight is 197 g/mol. The third-order valence-electron chi connectivity index (χ3n) is 3.05. The molecule has 0 bridgehead atoms. The molecule has 80 valence electrons. The van der Waals surface area contributed by atoms with Gasteiger partial charge in [0.25, 0.3) is 0 Å². The van der Waals surface area contributed by atoms with Crippen LogP contribution in [0.3, 0.4) is 0 Å². The molecule has 3 N–H and O–H groups in total. The molecule has 1 aromatic heterocycles. The van der Waals surface area contributed by atoms with Crippen molar-refractivity contribution in [3.05, 3.63) is 23.7 Å². The van der Waals surface area contributed by atoms with Gasteiger partial charge < -0.3 is 15.3 Å². The summed E-state index contributed by atoms with van der Waals surface area (Å²) in [6.07, 6.45) is 0. The first kappa shape index (κ1) is 11.3. The summed E-state index contributed by atoms with van der Waals surface area (Å²) in [6.45, 7) is 7.63. The van der Waals surface area contributed by atoms with E-state index in [0.29, 0.717) is 5.76 Å². The van der Waals surface area contributed by atoms with Gasteiger partial charge in [-0.05, 0) is 26.0 Å². The Hall–Kier alpha value is -0.800. The molecular formula is C11H19NO2. The lowest BCUT2D eigenvalue weighted by molar-refractivity contribution is 0.0672. The minimum absolute atomic E-state index is 0.0275. The Morgan fingerprint density at radius 2 is 1.93 bits per heavy atom. The van der Waals surface area contributed by atoms with Crippen LogP contribution in [0.5, 0.6) is 0 Å². The van der Waals surface area contributed by atoms with Gasteiger partial charge in [0.2, 0.25) is 0 Å². The van der Waals surface area contributed by atoms with Gasteiger partial charge in [0.15, 0.2) is 0 Å². The quantitative estimate of drug-likeness (QED) is 0.776. The molecule has 0 unspecified atom stereocenters. The largest absolute Gasteiger partial charge is 0.464 e. The number of rotatable bonds is 3. The predicted octanol–water partition coefficient (Wildman–Crippen LogP) is 1.78. The number of aliphatic hydroxyl groups excluding tert-OH is 1. The number of furan rings is 1. The highest BCUT2D eigenvalue weighted by molar-refractivity contribution is 5.17. The molecular weight excluding hydrogens is 178 g/mol. The zero-order chi connectivity index (χ0) is 11.0. The van der Waals surface area contributed by atoms with Crippen LogP contribution in [-0.4, -0.2) is 11.7 Å². The number of nitrogens with two attached hydrogens (primary N) is 1.